The van der Waals surface area contributed by atoms with Gasteiger partial charge in [0, 0.05) is 24.2 Å². The van der Waals surface area contributed by atoms with Crippen LogP contribution in [0, 0.1) is 0 Å². The van der Waals surface area contributed by atoms with Gasteiger partial charge >= 0.3 is 0 Å². The second kappa shape index (κ2) is 11.0. The number of hydrogen-bond acceptors (Lipinski definition) is 4. The summed E-state index contributed by atoms with van der Waals surface area (Å²) in [5.41, 5.74) is 2.67. The van der Waals surface area contributed by atoms with Crippen LogP contribution in [-0.2, 0) is 22.7 Å². The van der Waals surface area contributed by atoms with Gasteiger partial charge in [0.05, 0.1) is 12.2 Å². The Morgan fingerprint density at radius 2 is 1.91 bits per heavy atom. The predicted octanol–water partition coefficient (Wildman–Crippen LogP) is 2.14. The number of benzene rings is 2. The minimum Gasteiger partial charge on any atom is -0.380 e. The highest BCUT2D eigenvalue weighted by atomic mass is 35.5. The van der Waals surface area contributed by atoms with Crippen LogP contribution in [0.3, 0.4) is 0 Å². The van der Waals surface area contributed by atoms with E-state index in [9.17, 15) is 19.8 Å². The average molecular weight is 498 g/mol. The second-order valence-corrected chi connectivity index (χ2v) is 9.05. The third-order valence-corrected chi connectivity index (χ3v) is 6.58. The molecule has 9 heteroatoms. The number of amides is 2. The van der Waals surface area contributed by atoms with Crippen molar-refractivity contribution in [2.24, 2.45) is 0 Å². The van der Waals surface area contributed by atoms with E-state index in [1.807, 2.05) is 59.5 Å². The standard InChI is InChI=1S/C26H29ClN4O4/c1-2-29-13-5-15-31(29)21-11-9-18(10-12-21)17-28-25(34)23(32)24(33)26(35)30-14-4-8-22(30)19-6-3-7-20(27)16-19/h3,5-7,9-13,15-16,22-24,32-33H,2,4,8,14,17H2,1H3/p+1/t22?,23-,24-/m1/s1. The lowest BCUT2D eigenvalue weighted by atomic mass is 10.0. The number of hydrogen-bond donors (Lipinski definition) is 3. The van der Waals surface area contributed by atoms with Crippen molar-refractivity contribution in [3.63, 3.8) is 0 Å². The molecule has 35 heavy (non-hydrogen) atoms. The number of halogens is 1. The molecule has 0 spiro atoms. The van der Waals surface area contributed by atoms with E-state index in [4.69, 9.17) is 11.6 Å². The van der Waals surface area contributed by atoms with Gasteiger partial charge < -0.3 is 20.4 Å². The maximum absolute atomic E-state index is 12.9. The van der Waals surface area contributed by atoms with Crippen LogP contribution in [0.1, 0.15) is 36.9 Å². The van der Waals surface area contributed by atoms with E-state index in [1.165, 1.54) is 4.90 Å². The molecule has 3 aromatic rings. The van der Waals surface area contributed by atoms with Crippen molar-refractivity contribution in [3.8, 4) is 5.69 Å². The molecule has 0 aliphatic carbocycles. The topological polar surface area (TPSA) is 98.7 Å². The molecule has 0 bridgehead atoms. The summed E-state index contributed by atoms with van der Waals surface area (Å²) in [6.07, 6.45) is 1.71. The van der Waals surface area contributed by atoms with Crippen molar-refractivity contribution < 1.29 is 24.5 Å². The largest absolute Gasteiger partial charge is 0.380 e. The summed E-state index contributed by atoms with van der Waals surface area (Å²) in [6.45, 7) is 3.49. The van der Waals surface area contributed by atoms with Gasteiger partial charge in [-0.3, -0.25) is 9.59 Å². The summed E-state index contributed by atoms with van der Waals surface area (Å²) >= 11 is 6.09. The molecule has 1 unspecified atom stereocenters. The molecule has 0 radical (unpaired) electrons. The van der Waals surface area contributed by atoms with Crippen molar-refractivity contribution in [1.82, 2.24) is 14.9 Å². The van der Waals surface area contributed by atoms with Gasteiger partial charge in [-0.05, 0) is 55.2 Å². The first-order valence-electron chi connectivity index (χ1n) is 11.7. The zero-order valence-electron chi connectivity index (χ0n) is 19.5. The fourth-order valence-electron chi connectivity index (χ4n) is 4.47. The Bertz CT molecular complexity index is 1180. The number of nitrogens with zero attached hydrogens (tertiary/aromatic N) is 3. The van der Waals surface area contributed by atoms with Gasteiger partial charge in [-0.2, -0.15) is 0 Å². The monoisotopic (exact) mass is 497 g/mol. The van der Waals surface area contributed by atoms with Crippen molar-refractivity contribution in [1.29, 1.82) is 0 Å². The third-order valence-electron chi connectivity index (χ3n) is 6.34. The van der Waals surface area contributed by atoms with E-state index < -0.39 is 24.0 Å². The van der Waals surface area contributed by atoms with Crippen LogP contribution >= 0.6 is 11.6 Å². The molecule has 4 rings (SSSR count). The highest BCUT2D eigenvalue weighted by molar-refractivity contribution is 6.30. The molecule has 2 amide bonds. The molecular weight excluding hydrogens is 468 g/mol. The molecule has 184 valence electrons. The summed E-state index contributed by atoms with van der Waals surface area (Å²) in [5, 5.41) is 24.0. The Morgan fingerprint density at radius 1 is 1.14 bits per heavy atom. The van der Waals surface area contributed by atoms with Gasteiger partial charge in [0.15, 0.2) is 24.9 Å². The van der Waals surface area contributed by atoms with E-state index in [2.05, 4.69) is 16.9 Å². The lowest BCUT2D eigenvalue weighted by molar-refractivity contribution is -0.763. The zero-order valence-corrected chi connectivity index (χ0v) is 20.3. The second-order valence-electron chi connectivity index (χ2n) is 8.61. The fraction of sp³-hybridized carbons (Fsp3) is 0.346. The molecule has 0 saturated carbocycles. The number of aliphatic hydroxyl groups excluding tert-OH is 2. The molecule has 1 aliphatic rings. The van der Waals surface area contributed by atoms with Gasteiger partial charge in [0.1, 0.15) is 5.69 Å². The minimum atomic E-state index is -1.87. The first-order valence-corrected chi connectivity index (χ1v) is 12.1. The van der Waals surface area contributed by atoms with Gasteiger partial charge in [0.25, 0.3) is 11.8 Å². The summed E-state index contributed by atoms with van der Waals surface area (Å²) < 4.78 is 4.08. The van der Waals surface area contributed by atoms with Gasteiger partial charge in [-0.1, -0.05) is 35.9 Å². The SMILES string of the molecule is CC[n+]1cccn1-c1ccc(CNC(=O)[C@H](O)[C@@H](O)C(=O)N2CCCC2c2cccc(Cl)c2)cc1. The lowest BCUT2D eigenvalue weighted by Gasteiger charge is -2.28. The summed E-state index contributed by atoms with van der Waals surface area (Å²) in [4.78, 5) is 26.9. The number of aliphatic hydroxyl groups is 2. The Hall–Kier alpha value is -3.20. The average Bonchev–Trinajstić information content (AvgIpc) is 3.56. The van der Waals surface area contributed by atoms with E-state index in [0.717, 1.165) is 36.2 Å². The van der Waals surface area contributed by atoms with Crippen LogP contribution < -0.4 is 10.00 Å². The maximum Gasteiger partial charge on any atom is 0.255 e. The maximum atomic E-state index is 12.9. The molecule has 3 atom stereocenters. The van der Waals surface area contributed by atoms with Crippen LogP contribution in [0.2, 0.25) is 5.02 Å². The molecule has 1 fully saturated rings. The van der Waals surface area contributed by atoms with E-state index in [0.29, 0.717) is 11.6 Å². The summed E-state index contributed by atoms with van der Waals surface area (Å²) in [5.74, 6) is -1.47. The van der Waals surface area contributed by atoms with Gasteiger partial charge in [0.2, 0.25) is 0 Å². The van der Waals surface area contributed by atoms with E-state index >= 15 is 0 Å². The highest BCUT2D eigenvalue weighted by Crippen LogP contribution is 2.33. The molecule has 1 aromatic heterocycles. The molecule has 2 heterocycles. The first kappa shape index (κ1) is 24.9. The molecule has 8 nitrogen and oxygen atoms in total. The summed E-state index contributed by atoms with van der Waals surface area (Å²) in [6, 6.07) is 16.6. The quantitative estimate of drug-likeness (QED) is 0.415. The van der Waals surface area contributed by atoms with E-state index in [-0.39, 0.29) is 12.6 Å². The number of carbonyl (C=O) groups excluding carboxylic acids is 2. The Labute approximate surface area is 209 Å². The number of aromatic nitrogens is 2. The van der Waals surface area contributed by atoms with Gasteiger partial charge in [-0.25, -0.2) is 0 Å². The smallest absolute Gasteiger partial charge is 0.255 e. The van der Waals surface area contributed by atoms with Crippen LogP contribution in [0.4, 0.5) is 0 Å². The van der Waals surface area contributed by atoms with Crippen molar-refractivity contribution >= 4 is 23.4 Å². The number of likely N-dealkylation sites (tertiary alicyclic amines) is 1. The predicted molar refractivity (Wildman–Crippen MR) is 131 cm³/mol. The van der Waals surface area contributed by atoms with E-state index in [1.54, 1.807) is 12.1 Å². The van der Waals surface area contributed by atoms with Gasteiger partial charge in [-0.15, -0.1) is 9.36 Å². The number of nitrogens with one attached hydrogen (secondary N) is 1. The molecule has 1 aliphatic heterocycles. The van der Waals surface area contributed by atoms with Crippen LogP contribution in [0.5, 0.6) is 0 Å². The Kier molecular flexibility index (Phi) is 7.85. The fourth-order valence-corrected chi connectivity index (χ4v) is 4.67. The minimum absolute atomic E-state index is 0.158. The highest BCUT2D eigenvalue weighted by Gasteiger charge is 2.38. The van der Waals surface area contributed by atoms with Crippen LogP contribution in [-0.4, -0.2) is 50.4 Å². The molecule has 1 saturated heterocycles. The van der Waals surface area contributed by atoms with Crippen LogP contribution in [0.25, 0.3) is 5.69 Å². The molecule has 2 aromatic carbocycles. The molecule has 3 N–H and O–H groups in total. The Morgan fingerprint density at radius 3 is 2.63 bits per heavy atom. The number of aryl methyl sites for hydroxylation is 1. The Balaban J connectivity index is 1.34. The number of rotatable bonds is 8. The van der Waals surface area contributed by atoms with Crippen LogP contribution in [0.15, 0.2) is 67.0 Å². The normalized spacial score (nSPS) is 17.3. The lowest BCUT2D eigenvalue weighted by Crippen LogP contribution is -2.50. The van der Waals surface area contributed by atoms with Crippen molar-refractivity contribution in [2.75, 3.05) is 6.54 Å². The first-order chi connectivity index (χ1) is 16.9. The molecular formula is C26H30ClN4O4+. The summed E-state index contributed by atoms with van der Waals surface area (Å²) in [7, 11) is 0. The third kappa shape index (κ3) is 5.56. The number of carbonyl (C=O) groups is 2. The zero-order chi connectivity index (χ0) is 24.9. The van der Waals surface area contributed by atoms with Crippen molar-refractivity contribution in [3.05, 3.63) is 83.1 Å². The van der Waals surface area contributed by atoms with Crippen molar-refractivity contribution in [2.45, 2.75) is 51.1 Å².